The number of nitrogens with zero attached hydrogens (tertiary/aromatic N) is 2. The Kier molecular flexibility index (Phi) is 7.25. The minimum absolute atomic E-state index is 0.0790. The number of anilines is 1. The van der Waals surface area contributed by atoms with Crippen LogP contribution in [0.15, 0.2) is 66.9 Å². The van der Waals surface area contributed by atoms with Crippen LogP contribution in [0.25, 0.3) is 0 Å². The molecule has 0 aliphatic rings. The van der Waals surface area contributed by atoms with Gasteiger partial charge in [-0.1, -0.05) is 74.0 Å². The number of hydrogen-bond donors (Lipinski definition) is 2. The molecule has 7 heteroatoms. The number of aromatic nitrogens is 2. The smallest absolute Gasteiger partial charge is 0.248 e. The summed E-state index contributed by atoms with van der Waals surface area (Å²) in [6.07, 6.45) is 1.84. The summed E-state index contributed by atoms with van der Waals surface area (Å²) < 4.78 is 1.67. The second-order valence-corrected chi connectivity index (χ2v) is 7.81. The van der Waals surface area contributed by atoms with E-state index in [0.29, 0.717) is 17.4 Å². The highest BCUT2D eigenvalue weighted by Crippen LogP contribution is 2.18. The van der Waals surface area contributed by atoms with Crippen LogP contribution in [-0.2, 0) is 22.6 Å². The van der Waals surface area contributed by atoms with Crippen molar-refractivity contribution in [3.63, 3.8) is 0 Å². The first-order chi connectivity index (χ1) is 14.4. The van der Waals surface area contributed by atoms with Crippen molar-refractivity contribution in [3.05, 3.63) is 83.0 Å². The molecule has 0 bridgehead atoms. The fourth-order valence-electron chi connectivity index (χ4n) is 3.10. The van der Waals surface area contributed by atoms with E-state index in [1.807, 2.05) is 68.4 Å². The SMILES string of the molecule is CC(C)C(NC(=O)Cc1ccccc1)C(=O)Nc1ccnn1Cc1ccccc1Cl. The molecule has 3 aromatic rings. The summed E-state index contributed by atoms with van der Waals surface area (Å²) in [6, 6.07) is 18.0. The fourth-order valence-corrected chi connectivity index (χ4v) is 3.29. The molecule has 0 radical (unpaired) electrons. The quantitative estimate of drug-likeness (QED) is 0.575. The van der Waals surface area contributed by atoms with Gasteiger partial charge in [-0.2, -0.15) is 5.10 Å². The predicted octanol–water partition coefficient (Wildman–Crippen LogP) is 3.91. The van der Waals surface area contributed by atoms with E-state index < -0.39 is 6.04 Å². The van der Waals surface area contributed by atoms with E-state index in [1.54, 1.807) is 16.9 Å². The normalized spacial score (nSPS) is 11.9. The summed E-state index contributed by atoms with van der Waals surface area (Å²) in [5.41, 5.74) is 1.80. The van der Waals surface area contributed by atoms with E-state index in [0.717, 1.165) is 11.1 Å². The lowest BCUT2D eigenvalue weighted by Gasteiger charge is -2.22. The van der Waals surface area contributed by atoms with Gasteiger partial charge in [0.2, 0.25) is 11.8 Å². The number of carbonyl (C=O) groups is 2. The Morgan fingerprint density at radius 3 is 2.43 bits per heavy atom. The molecule has 0 saturated heterocycles. The summed E-state index contributed by atoms with van der Waals surface area (Å²) in [5.74, 6) is -0.0144. The topological polar surface area (TPSA) is 76.0 Å². The third-order valence-electron chi connectivity index (χ3n) is 4.72. The Hall–Kier alpha value is -3.12. The van der Waals surface area contributed by atoms with E-state index in [4.69, 9.17) is 11.6 Å². The Morgan fingerprint density at radius 2 is 1.73 bits per heavy atom. The zero-order valence-corrected chi connectivity index (χ0v) is 17.8. The van der Waals surface area contributed by atoms with Crippen LogP contribution in [0.4, 0.5) is 5.82 Å². The van der Waals surface area contributed by atoms with Gasteiger partial charge in [-0.15, -0.1) is 0 Å². The van der Waals surface area contributed by atoms with Gasteiger partial charge in [0.15, 0.2) is 0 Å². The molecule has 0 saturated carbocycles. The van der Waals surface area contributed by atoms with Crippen molar-refractivity contribution in [2.24, 2.45) is 5.92 Å². The van der Waals surface area contributed by atoms with Crippen LogP contribution in [0.1, 0.15) is 25.0 Å². The number of nitrogens with one attached hydrogen (secondary N) is 2. The van der Waals surface area contributed by atoms with Crippen molar-refractivity contribution in [1.82, 2.24) is 15.1 Å². The Labute approximate surface area is 181 Å². The van der Waals surface area contributed by atoms with E-state index in [-0.39, 0.29) is 24.2 Å². The summed E-state index contributed by atoms with van der Waals surface area (Å²) in [6.45, 7) is 4.22. The number of amides is 2. The lowest BCUT2D eigenvalue weighted by molar-refractivity contribution is -0.127. The van der Waals surface area contributed by atoms with Gasteiger partial charge in [0.05, 0.1) is 19.2 Å². The van der Waals surface area contributed by atoms with Gasteiger partial charge in [0, 0.05) is 11.1 Å². The Balaban J connectivity index is 1.66. The molecule has 0 spiro atoms. The molecule has 0 aliphatic carbocycles. The van der Waals surface area contributed by atoms with Gasteiger partial charge >= 0.3 is 0 Å². The molecule has 2 aromatic carbocycles. The molecule has 0 fully saturated rings. The summed E-state index contributed by atoms with van der Waals surface area (Å²) >= 11 is 6.24. The fraction of sp³-hybridized carbons (Fsp3) is 0.261. The maximum absolute atomic E-state index is 12.9. The van der Waals surface area contributed by atoms with Crippen LogP contribution in [0.3, 0.4) is 0 Å². The van der Waals surface area contributed by atoms with Crippen LogP contribution < -0.4 is 10.6 Å². The number of carbonyl (C=O) groups excluding carboxylic acids is 2. The van der Waals surface area contributed by atoms with Crippen molar-refractivity contribution in [3.8, 4) is 0 Å². The van der Waals surface area contributed by atoms with Crippen molar-refractivity contribution in [2.75, 3.05) is 5.32 Å². The zero-order chi connectivity index (χ0) is 21.5. The van der Waals surface area contributed by atoms with Crippen LogP contribution >= 0.6 is 11.6 Å². The van der Waals surface area contributed by atoms with Crippen molar-refractivity contribution >= 4 is 29.2 Å². The standard InChI is InChI=1S/C23H25ClN4O2/c1-16(2)22(27-21(29)14-17-8-4-3-5-9-17)23(30)26-20-12-13-25-28(20)15-18-10-6-7-11-19(18)24/h3-13,16,22H,14-15H2,1-2H3,(H,26,30)(H,27,29). The van der Waals surface area contributed by atoms with Gasteiger partial charge in [0.1, 0.15) is 11.9 Å². The van der Waals surface area contributed by atoms with Crippen LogP contribution in [0, 0.1) is 5.92 Å². The molecule has 2 amide bonds. The van der Waals surface area contributed by atoms with Gasteiger partial charge in [-0.05, 0) is 23.1 Å². The molecular formula is C23H25ClN4O2. The van der Waals surface area contributed by atoms with Gasteiger partial charge in [0.25, 0.3) is 0 Å². The van der Waals surface area contributed by atoms with Crippen molar-refractivity contribution in [1.29, 1.82) is 0 Å². The highest BCUT2D eigenvalue weighted by atomic mass is 35.5. The largest absolute Gasteiger partial charge is 0.344 e. The minimum atomic E-state index is -0.662. The Morgan fingerprint density at radius 1 is 1.03 bits per heavy atom. The summed E-state index contributed by atoms with van der Waals surface area (Å²) in [5, 5.41) is 10.7. The van der Waals surface area contributed by atoms with E-state index in [1.165, 1.54) is 0 Å². The molecule has 156 valence electrons. The van der Waals surface area contributed by atoms with Crippen molar-refractivity contribution < 1.29 is 9.59 Å². The molecule has 30 heavy (non-hydrogen) atoms. The number of hydrogen-bond acceptors (Lipinski definition) is 3. The molecular weight excluding hydrogens is 400 g/mol. The van der Waals surface area contributed by atoms with E-state index in [9.17, 15) is 9.59 Å². The van der Waals surface area contributed by atoms with Crippen LogP contribution in [0.2, 0.25) is 5.02 Å². The van der Waals surface area contributed by atoms with E-state index in [2.05, 4.69) is 15.7 Å². The third-order valence-corrected chi connectivity index (χ3v) is 5.09. The number of rotatable bonds is 8. The highest BCUT2D eigenvalue weighted by molar-refractivity contribution is 6.31. The minimum Gasteiger partial charge on any atom is -0.344 e. The molecule has 3 rings (SSSR count). The first-order valence-corrected chi connectivity index (χ1v) is 10.2. The molecule has 1 aromatic heterocycles. The van der Waals surface area contributed by atoms with Gasteiger partial charge < -0.3 is 10.6 Å². The first kappa shape index (κ1) is 21.6. The van der Waals surface area contributed by atoms with Gasteiger partial charge in [-0.3, -0.25) is 9.59 Å². The van der Waals surface area contributed by atoms with Crippen LogP contribution in [-0.4, -0.2) is 27.6 Å². The molecule has 1 unspecified atom stereocenters. The molecule has 1 heterocycles. The Bertz CT molecular complexity index is 1000. The second-order valence-electron chi connectivity index (χ2n) is 7.41. The average Bonchev–Trinajstić information content (AvgIpc) is 3.15. The molecule has 6 nitrogen and oxygen atoms in total. The average molecular weight is 425 g/mol. The van der Waals surface area contributed by atoms with Crippen LogP contribution in [0.5, 0.6) is 0 Å². The van der Waals surface area contributed by atoms with Gasteiger partial charge in [-0.25, -0.2) is 4.68 Å². The monoisotopic (exact) mass is 424 g/mol. The number of halogens is 1. The summed E-state index contributed by atoms with van der Waals surface area (Å²) in [7, 11) is 0. The maximum atomic E-state index is 12.9. The third kappa shape index (κ3) is 5.70. The second kappa shape index (κ2) is 10.1. The summed E-state index contributed by atoms with van der Waals surface area (Å²) in [4.78, 5) is 25.4. The predicted molar refractivity (Wildman–Crippen MR) is 118 cm³/mol. The zero-order valence-electron chi connectivity index (χ0n) is 17.0. The molecule has 2 N–H and O–H groups in total. The van der Waals surface area contributed by atoms with E-state index >= 15 is 0 Å². The highest BCUT2D eigenvalue weighted by Gasteiger charge is 2.25. The lowest BCUT2D eigenvalue weighted by Crippen LogP contribution is -2.47. The molecule has 0 aliphatic heterocycles. The van der Waals surface area contributed by atoms with Crippen molar-refractivity contribution in [2.45, 2.75) is 32.9 Å². The number of benzene rings is 2. The lowest BCUT2D eigenvalue weighted by atomic mass is 10.0. The maximum Gasteiger partial charge on any atom is 0.248 e. The first-order valence-electron chi connectivity index (χ1n) is 9.83. The molecule has 1 atom stereocenters.